The van der Waals surface area contributed by atoms with Gasteiger partial charge in [-0.2, -0.15) is 0 Å². The molecule has 0 spiro atoms. The van der Waals surface area contributed by atoms with Crippen molar-refractivity contribution in [2.45, 2.75) is 31.7 Å². The molecule has 1 aliphatic carbocycles. The molecule has 0 aromatic heterocycles. The second kappa shape index (κ2) is 5.51. The zero-order valence-electron chi connectivity index (χ0n) is 7.71. The van der Waals surface area contributed by atoms with E-state index in [2.05, 4.69) is 4.90 Å². The molecule has 3 N–H and O–H groups in total. The average molecular weight is 172 g/mol. The van der Waals surface area contributed by atoms with E-state index in [1.807, 2.05) is 0 Å². The van der Waals surface area contributed by atoms with E-state index in [1.54, 1.807) is 0 Å². The van der Waals surface area contributed by atoms with E-state index in [9.17, 15) is 0 Å². The first-order chi connectivity index (χ1) is 5.88. The van der Waals surface area contributed by atoms with Crippen molar-refractivity contribution in [3.8, 4) is 0 Å². The summed E-state index contributed by atoms with van der Waals surface area (Å²) in [6.45, 7) is 3.25. The number of rotatable bonds is 7. The summed E-state index contributed by atoms with van der Waals surface area (Å²) in [5.41, 5.74) is 5.45. The highest BCUT2D eigenvalue weighted by atomic mass is 16.3. The second-order valence-corrected chi connectivity index (χ2v) is 3.49. The normalized spacial score (nSPS) is 17.2. The molecule has 0 aromatic carbocycles. The lowest BCUT2D eigenvalue weighted by Crippen LogP contribution is -2.30. The van der Waals surface area contributed by atoms with Crippen LogP contribution in [-0.4, -0.2) is 42.3 Å². The van der Waals surface area contributed by atoms with Crippen LogP contribution in [-0.2, 0) is 0 Å². The Hall–Kier alpha value is -0.120. The lowest BCUT2D eigenvalue weighted by molar-refractivity contribution is 0.216. The van der Waals surface area contributed by atoms with E-state index in [0.717, 1.165) is 38.5 Å². The van der Waals surface area contributed by atoms with Gasteiger partial charge < -0.3 is 15.7 Å². The Kier molecular flexibility index (Phi) is 4.58. The molecule has 0 bridgehead atoms. The Morgan fingerprint density at radius 2 is 1.92 bits per heavy atom. The minimum atomic E-state index is 0.311. The minimum absolute atomic E-state index is 0.311. The lowest BCUT2D eigenvalue weighted by atomic mass is 10.3. The van der Waals surface area contributed by atoms with Crippen molar-refractivity contribution < 1.29 is 5.11 Å². The van der Waals surface area contributed by atoms with E-state index in [4.69, 9.17) is 10.8 Å². The molecule has 3 nitrogen and oxygen atoms in total. The summed E-state index contributed by atoms with van der Waals surface area (Å²) in [6.07, 6.45) is 4.68. The predicted octanol–water partition coefficient (Wildman–Crippen LogP) is 0.182. The molecule has 0 aliphatic heterocycles. The van der Waals surface area contributed by atoms with E-state index >= 15 is 0 Å². The van der Waals surface area contributed by atoms with Crippen LogP contribution < -0.4 is 5.73 Å². The molecule has 12 heavy (non-hydrogen) atoms. The van der Waals surface area contributed by atoms with Crippen molar-refractivity contribution in [3.63, 3.8) is 0 Å². The molecule has 3 heteroatoms. The summed E-state index contributed by atoms with van der Waals surface area (Å²) in [5, 5.41) is 8.69. The lowest BCUT2D eigenvalue weighted by Gasteiger charge is -2.20. The molecule has 1 fully saturated rings. The molecule has 1 aliphatic rings. The predicted molar refractivity (Wildman–Crippen MR) is 50.0 cm³/mol. The van der Waals surface area contributed by atoms with Gasteiger partial charge in [0, 0.05) is 19.2 Å². The fraction of sp³-hybridized carbons (Fsp3) is 1.00. The SMILES string of the molecule is NCCCN(CCCO)C1CC1. The summed E-state index contributed by atoms with van der Waals surface area (Å²) >= 11 is 0. The number of hydrogen-bond donors (Lipinski definition) is 2. The van der Waals surface area contributed by atoms with Gasteiger partial charge in [-0.1, -0.05) is 0 Å². The van der Waals surface area contributed by atoms with Gasteiger partial charge in [0.05, 0.1) is 0 Å². The van der Waals surface area contributed by atoms with Crippen LogP contribution in [0.4, 0.5) is 0 Å². The molecule has 72 valence electrons. The Bertz CT molecular complexity index is 107. The van der Waals surface area contributed by atoms with Crippen LogP contribution in [0.1, 0.15) is 25.7 Å². The maximum absolute atomic E-state index is 8.69. The van der Waals surface area contributed by atoms with Crippen LogP contribution in [0.15, 0.2) is 0 Å². The zero-order valence-corrected chi connectivity index (χ0v) is 7.71. The maximum Gasteiger partial charge on any atom is 0.0443 e. The fourth-order valence-corrected chi connectivity index (χ4v) is 1.48. The molecule has 0 aromatic rings. The smallest absolute Gasteiger partial charge is 0.0443 e. The van der Waals surface area contributed by atoms with E-state index in [-0.39, 0.29) is 0 Å². The van der Waals surface area contributed by atoms with Crippen molar-refractivity contribution in [1.29, 1.82) is 0 Å². The van der Waals surface area contributed by atoms with E-state index in [0.29, 0.717) is 6.61 Å². The number of nitrogens with zero attached hydrogens (tertiary/aromatic N) is 1. The van der Waals surface area contributed by atoms with Crippen LogP contribution in [0.25, 0.3) is 0 Å². The summed E-state index contributed by atoms with van der Waals surface area (Å²) in [5.74, 6) is 0. The van der Waals surface area contributed by atoms with Gasteiger partial charge in [-0.05, 0) is 38.8 Å². The second-order valence-electron chi connectivity index (χ2n) is 3.49. The molecule has 0 radical (unpaired) electrons. The van der Waals surface area contributed by atoms with Gasteiger partial charge in [0.1, 0.15) is 0 Å². The van der Waals surface area contributed by atoms with Crippen LogP contribution in [0, 0.1) is 0 Å². The van der Waals surface area contributed by atoms with Crippen molar-refractivity contribution in [3.05, 3.63) is 0 Å². The van der Waals surface area contributed by atoms with Gasteiger partial charge in [0.2, 0.25) is 0 Å². The summed E-state index contributed by atoms with van der Waals surface area (Å²) in [4.78, 5) is 2.46. The Labute approximate surface area is 74.5 Å². The van der Waals surface area contributed by atoms with Crippen LogP contribution in [0.3, 0.4) is 0 Å². The van der Waals surface area contributed by atoms with Crippen molar-refractivity contribution >= 4 is 0 Å². The van der Waals surface area contributed by atoms with Gasteiger partial charge in [0.15, 0.2) is 0 Å². The largest absolute Gasteiger partial charge is 0.396 e. The minimum Gasteiger partial charge on any atom is -0.396 e. The molecule has 0 amide bonds. The summed E-state index contributed by atoms with van der Waals surface area (Å²) in [7, 11) is 0. The summed E-state index contributed by atoms with van der Waals surface area (Å²) in [6, 6.07) is 0.808. The molecule has 0 saturated heterocycles. The van der Waals surface area contributed by atoms with E-state index in [1.165, 1.54) is 12.8 Å². The Morgan fingerprint density at radius 1 is 1.25 bits per heavy atom. The summed E-state index contributed by atoms with van der Waals surface area (Å²) < 4.78 is 0. The standard InChI is InChI=1S/C9H20N2O/c10-5-1-6-11(7-2-8-12)9-3-4-9/h9,12H,1-8,10H2. The highest BCUT2D eigenvalue weighted by Crippen LogP contribution is 2.26. The molecule has 0 unspecified atom stereocenters. The molecule has 1 rings (SSSR count). The number of aliphatic hydroxyl groups is 1. The zero-order chi connectivity index (χ0) is 8.81. The third-order valence-corrected chi connectivity index (χ3v) is 2.32. The third kappa shape index (κ3) is 3.52. The first kappa shape index (κ1) is 9.96. The first-order valence-corrected chi connectivity index (χ1v) is 4.93. The van der Waals surface area contributed by atoms with E-state index < -0.39 is 0 Å². The maximum atomic E-state index is 8.69. The van der Waals surface area contributed by atoms with Crippen molar-refractivity contribution in [2.75, 3.05) is 26.2 Å². The van der Waals surface area contributed by atoms with Gasteiger partial charge in [-0.15, -0.1) is 0 Å². The molecule has 1 saturated carbocycles. The monoisotopic (exact) mass is 172 g/mol. The molecule has 0 heterocycles. The van der Waals surface area contributed by atoms with Crippen molar-refractivity contribution in [1.82, 2.24) is 4.90 Å². The van der Waals surface area contributed by atoms with Gasteiger partial charge in [-0.25, -0.2) is 0 Å². The quantitative estimate of drug-likeness (QED) is 0.576. The van der Waals surface area contributed by atoms with Crippen LogP contribution in [0.2, 0.25) is 0 Å². The number of nitrogens with two attached hydrogens (primary N) is 1. The average Bonchev–Trinajstić information content (AvgIpc) is 2.88. The highest BCUT2D eigenvalue weighted by molar-refractivity contribution is 4.84. The van der Waals surface area contributed by atoms with Gasteiger partial charge in [0.25, 0.3) is 0 Å². The Morgan fingerprint density at radius 3 is 2.42 bits per heavy atom. The fourth-order valence-electron chi connectivity index (χ4n) is 1.48. The third-order valence-electron chi connectivity index (χ3n) is 2.32. The van der Waals surface area contributed by atoms with Crippen LogP contribution in [0.5, 0.6) is 0 Å². The Balaban J connectivity index is 2.09. The number of hydrogen-bond acceptors (Lipinski definition) is 3. The molecular weight excluding hydrogens is 152 g/mol. The van der Waals surface area contributed by atoms with Crippen molar-refractivity contribution in [2.24, 2.45) is 5.73 Å². The highest BCUT2D eigenvalue weighted by Gasteiger charge is 2.27. The molecular formula is C9H20N2O. The number of aliphatic hydroxyl groups excluding tert-OH is 1. The molecule has 0 atom stereocenters. The topological polar surface area (TPSA) is 49.5 Å². The van der Waals surface area contributed by atoms with Crippen LogP contribution >= 0.6 is 0 Å². The van der Waals surface area contributed by atoms with Gasteiger partial charge in [-0.3, -0.25) is 0 Å². The first-order valence-electron chi connectivity index (χ1n) is 4.93. The van der Waals surface area contributed by atoms with Gasteiger partial charge >= 0.3 is 0 Å².